The normalized spacial score (nSPS) is 14.9. The molecule has 2 N–H and O–H groups in total. The zero-order valence-corrected chi connectivity index (χ0v) is 25.2. The lowest BCUT2D eigenvalue weighted by Crippen LogP contribution is -2.44. The van der Waals surface area contributed by atoms with Gasteiger partial charge in [-0.1, -0.05) is 25.1 Å². The Bertz CT molecular complexity index is 1800. The van der Waals surface area contributed by atoms with Crippen LogP contribution in [0.5, 0.6) is 11.5 Å². The van der Waals surface area contributed by atoms with Gasteiger partial charge >= 0.3 is 5.69 Å². The zero-order chi connectivity index (χ0) is 30.0. The lowest BCUT2D eigenvalue weighted by atomic mass is 10.1. The summed E-state index contributed by atoms with van der Waals surface area (Å²) in [4.78, 5) is 30.9. The van der Waals surface area contributed by atoms with E-state index in [2.05, 4.69) is 14.6 Å². The molecule has 4 aromatic rings. The summed E-state index contributed by atoms with van der Waals surface area (Å²) in [7, 11) is 0.973. The third-order valence-corrected chi connectivity index (χ3v) is 9.35. The highest BCUT2D eigenvalue weighted by Crippen LogP contribution is 2.29. The van der Waals surface area contributed by atoms with Crippen LogP contribution in [-0.4, -0.2) is 60.8 Å². The third kappa shape index (κ3) is 5.87. The maximum atomic E-state index is 13.2. The third-order valence-electron chi connectivity index (χ3n) is 7.81. The molecule has 0 bridgehead atoms. The number of piperidine rings is 1. The van der Waals surface area contributed by atoms with Crippen LogP contribution in [0.1, 0.15) is 31.7 Å². The van der Waals surface area contributed by atoms with Crippen LogP contribution in [-0.2, 0) is 30.2 Å². The van der Waals surface area contributed by atoms with E-state index in [-0.39, 0.29) is 16.6 Å². The molecule has 1 aliphatic heterocycles. The fourth-order valence-corrected chi connectivity index (χ4v) is 6.81. The van der Waals surface area contributed by atoms with Crippen LogP contribution in [0.2, 0.25) is 0 Å². The maximum absolute atomic E-state index is 13.2. The van der Waals surface area contributed by atoms with Crippen molar-refractivity contribution in [3.63, 3.8) is 0 Å². The van der Waals surface area contributed by atoms with E-state index in [1.807, 2.05) is 25.1 Å². The Morgan fingerprint density at radius 1 is 0.976 bits per heavy atom. The molecule has 2 aromatic carbocycles. The van der Waals surface area contributed by atoms with Gasteiger partial charge in [0.25, 0.3) is 5.56 Å². The van der Waals surface area contributed by atoms with Gasteiger partial charge in [-0.25, -0.2) is 17.9 Å². The van der Waals surface area contributed by atoms with E-state index in [9.17, 15) is 18.0 Å². The number of hydrogen-bond donors (Lipinski definition) is 2. The second-order valence-electron chi connectivity index (χ2n) is 10.6. The van der Waals surface area contributed by atoms with E-state index in [0.717, 1.165) is 36.2 Å². The number of aromatic amines is 1. The molecule has 2 aromatic heterocycles. The van der Waals surface area contributed by atoms with Crippen molar-refractivity contribution in [2.75, 3.05) is 27.3 Å². The Balaban J connectivity index is 1.25. The summed E-state index contributed by atoms with van der Waals surface area (Å²) >= 11 is 0. The lowest BCUT2D eigenvalue weighted by Gasteiger charge is -2.32. The predicted octanol–water partition coefficient (Wildman–Crippen LogP) is 3.07. The first kappa shape index (κ1) is 29.6. The largest absolute Gasteiger partial charge is 0.493 e. The fourth-order valence-electron chi connectivity index (χ4n) is 5.50. The molecule has 1 saturated heterocycles. The molecule has 0 aliphatic carbocycles. The van der Waals surface area contributed by atoms with E-state index < -0.39 is 15.6 Å². The first-order chi connectivity index (χ1) is 20.1. The summed E-state index contributed by atoms with van der Waals surface area (Å²) in [6.07, 6.45) is 2.15. The van der Waals surface area contributed by atoms with Crippen molar-refractivity contribution < 1.29 is 17.9 Å². The molecule has 11 nitrogen and oxygen atoms in total. The highest BCUT2D eigenvalue weighted by molar-refractivity contribution is 7.89. The Hall–Kier alpha value is -3.87. The van der Waals surface area contributed by atoms with Gasteiger partial charge in [0.05, 0.1) is 24.6 Å². The standard InChI is InChI=1S/C30H37N5O6S/c1-5-14-35-25-18-24(31-28(25)29(36)33(2)30(35)37)21-7-9-23(10-8-21)42(38,39)32-22-12-15-34(16-13-22)19-20-6-11-26(40-3)27(17-20)41-4/h6-11,17-18,22,31-32H,5,12-16,19H2,1-4H3. The minimum absolute atomic E-state index is 0.156. The van der Waals surface area contributed by atoms with Crippen molar-refractivity contribution in [1.29, 1.82) is 0 Å². The summed E-state index contributed by atoms with van der Waals surface area (Å²) in [6, 6.07) is 14.0. The van der Waals surface area contributed by atoms with Crippen LogP contribution in [0, 0.1) is 0 Å². The molecular weight excluding hydrogens is 558 g/mol. The van der Waals surface area contributed by atoms with Gasteiger partial charge in [0.1, 0.15) is 5.52 Å². The molecule has 0 unspecified atom stereocenters. The number of sulfonamides is 1. The lowest BCUT2D eigenvalue weighted by molar-refractivity contribution is 0.199. The average Bonchev–Trinajstić information content (AvgIpc) is 3.44. The van der Waals surface area contributed by atoms with Crippen LogP contribution < -0.4 is 25.4 Å². The number of hydrogen-bond acceptors (Lipinski definition) is 7. The van der Waals surface area contributed by atoms with Crippen molar-refractivity contribution >= 4 is 21.1 Å². The van der Waals surface area contributed by atoms with Crippen molar-refractivity contribution in [2.24, 2.45) is 7.05 Å². The first-order valence-electron chi connectivity index (χ1n) is 14.0. The van der Waals surface area contributed by atoms with E-state index in [4.69, 9.17) is 9.47 Å². The highest BCUT2D eigenvalue weighted by atomic mass is 32.2. The summed E-state index contributed by atoms with van der Waals surface area (Å²) in [5.41, 5.74) is 2.58. The second kappa shape index (κ2) is 12.2. The number of nitrogens with one attached hydrogen (secondary N) is 2. The number of methoxy groups -OCH3 is 2. The minimum Gasteiger partial charge on any atom is -0.493 e. The quantitative estimate of drug-likeness (QED) is 0.289. The number of aryl methyl sites for hydroxylation is 1. The average molecular weight is 596 g/mol. The van der Waals surface area contributed by atoms with Crippen LogP contribution in [0.3, 0.4) is 0 Å². The molecule has 0 atom stereocenters. The Morgan fingerprint density at radius 2 is 1.67 bits per heavy atom. The number of aromatic nitrogens is 3. The molecule has 12 heteroatoms. The van der Waals surface area contributed by atoms with Gasteiger partial charge < -0.3 is 14.5 Å². The van der Waals surface area contributed by atoms with E-state index >= 15 is 0 Å². The molecule has 5 rings (SSSR count). The van der Waals surface area contributed by atoms with Crippen LogP contribution in [0.25, 0.3) is 22.3 Å². The summed E-state index contributed by atoms with van der Waals surface area (Å²) in [6.45, 7) is 4.73. The molecule has 0 radical (unpaired) electrons. The Kier molecular flexibility index (Phi) is 8.58. The van der Waals surface area contributed by atoms with Crippen molar-refractivity contribution in [2.45, 2.75) is 50.2 Å². The van der Waals surface area contributed by atoms with Gasteiger partial charge in [-0.15, -0.1) is 0 Å². The van der Waals surface area contributed by atoms with Crippen LogP contribution in [0.4, 0.5) is 0 Å². The number of nitrogens with zero attached hydrogens (tertiary/aromatic N) is 3. The summed E-state index contributed by atoms with van der Waals surface area (Å²) < 4.78 is 42.6. The molecule has 1 aliphatic rings. The smallest absolute Gasteiger partial charge is 0.331 e. The monoisotopic (exact) mass is 595 g/mol. The highest BCUT2D eigenvalue weighted by Gasteiger charge is 2.25. The molecule has 0 spiro atoms. The summed E-state index contributed by atoms with van der Waals surface area (Å²) in [5, 5.41) is 0. The van der Waals surface area contributed by atoms with E-state index in [0.29, 0.717) is 53.2 Å². The van der Waals surface area contributed by atoms with Gasteiger partial charge in [0.15, 0.2) is 11.5 Å². The second-order valence-corrected chi connectivity index (χ2v) is 12.3. The maximum Gasteiger partial charge on any atom is 0.331 e. The zero-order valence-electron chi connectivity index (χ0n) is 24.3. The van der Waals surface area contributed by atoms with Gasteiger partial charge in [0, 0.05) is 45.0 Å². The van der Waals surface area contributed by atoms with Crippen molar-refractivity contribution in [3.05, 3.63) is 74.9 Å². The molecule has 0 saturated carbocycles. The Labute approximate surface area is 244 Å². The van der Waals surface area contributed by atoms with E-state index in [1.165, 1.54) is 7.05 Å². The van der Waals surface area contributed by atoms with Crippen LogP contribution in [0.15, 0.2) is 63.0 Å². The number of benzene rings is 2. The molecule has 1 fully saturated rings. The number of fused-ring (bicyclic) bond motifs is 1. The molecule has 42 heavy (non-hydrogen) atoms. The van der Waals surface area contributed by atoms with E-state index in [1.54, 1.807) is 49.1 Å². The molecular formula is C30H37N5O6S. The molecule has 0 amide bonds. The predicted molar refractivity (Wildman–Crippen MR) is 162 cm³/mol. The number of likely N-dealkylation sites (tertiary alicyclic amines) is 1. The number of ether oxygens (including phenoxy) is 2. The fraction of sp³-hybridized carbons (Fsp3) is 0.400. The van der Waals surface area contributed by atoms with Gasteiger partial charge in [-0.05, 0) is 60.7 Å². The number of rotatable bonds is 10. The van der Waals surface area contributed by atoms with Gasteiger partial charge in [-0.2, -0.15) is 0 Å². The first-order valence-corrected chi connectivity index (χ1v) is 15.5. The topological polar surface area (TPSA) is 128 Å². The van der Waals surface area contributed by atoms with Crippen LogP contribution >= 0.6 is 0 Å². The Morgan fingerprint density at radius 3 is 2.31 bits per heavy atom. The molecule has 224 valence electrons. The minimum atomic E-state index is -3.72. The van der Waals surface area contributed by atoms with Crippen molar-refractivity contribution in [1.82, 2.24) is 23.7 Å². The summed E-state index contributed by atoms with van der Waals surface area (Å²) in [5.74, 6) is 1.38. The van der Waals surface area contributed by atoms with Crippen molar-refractivity contribution in [3.8, 4) is 22.8 Å². The van der Waals surface area contributed by atoms with Gasteiger partial charge in [-0.3, -0.25) is 18.8 Å². The molecule has 3 heterocycles. The SMILES string of the molecule is CCCn1c(=O)n(C)c(=O)c2[nH]c(-c3ccc(S(=O)(=O)NC4CCN(Cc5ccc(OC)c(OC)c5)CC4)cc3)cc21. The van der Waals surface area contributed by atoms with Gasteiger partial charge in [0.2, 0.25) is 10.0 Å². The number of H-pyrrole nitrogens is 1.